The summed E-state index contributed by atoms with van der Waals surface area (Å²) < 4.78 is 6.12. The fraction of sp³-hybridized carbons (Fsp3) is 0.556. The SMILES string of the molecule is Cc1nc2ccccc2nc1NC1CCOC2(CCCC2)C1. The third-order valence-electron chi connectivity index (χ3n) is 5.09. The lowest BCUT2D eigenvalue weighted by atomic mass is 9.89. The van der Waals surface area contributed by atoms with E-state index in [0.717, 1.165) is 42.0 Å². The van der Waals surface area contributed by atoms with E-state index in [2.05, 4.69) is 10.3 Å². The Morgan fingerprint density at radius 1 is 1.14 bits per heavy atom. The van der Waals surface area contributed by atoms with Crippen molar-refractivity contribution in [1.82, 2.24) is 9.97 Å². The molecule has 2 aromatic rings. The van der Waals surface area contributed by atoms with Gasteiger partial charge in [-0.1, -0.05) is 25.0 Å². The zero-order chi connectivity index (χ0) is 15.0. The van der Waals surface area contributed by atoms with Crippen LogP contribution in [0.2, 0.25) is 0 Å². The monoisotopic (exact) mass is 297 g/mol. The number of fused-ring (bicyclic) bond motifs is 1. The quantitative estimate of drug-likeness (QED) is 0.915. The van der Waals surface area contributed by atoms with Crippen molar-refractivity contribution in [2.75, 3.05) is 11.9 Å². The van der Waals surface area contributed by atoms with Crippen LogP contribution in [0.1, 0.15) is 44.2 Å². The molecule has 4 rings (SSSR count). The summed E-state index contributed by atoms with van der Waals surface area (Å²) in [4.78, 5) is 9.44. The standard InChI is InChI=1S/C18H23N3O/c1-13-17(21-16-7-3-2-6-15(16)19-13)20-14-8-11-22-18(12-14)9-4-5-10-18/h2-3,6-7,14H,4-5,8-12H2,1H3,(H,20,21). The molecule has 22 heavy (non-hydrogen) atoms. The van der Waals surface area contributed by atoms with Gasteiger partial charge in [-0.05, 0) is 44.7 Å². The van der Waals surface area contributed by atoms with Crippen LogP contribution in [0.4, 0.5) is 5.82 Å². The van der Waals surface area contributed by atoms with E-state index < -0.39 is 0 Å². The number of hydrogen-bond acceptors (Lipinski definition) is 4. The highest BCUT2D eigenvalue weighted by Crippen LogP contribution is 2.40. The summed E-state index contributed by atoms with van der Waals surface area (Å²) in [5.74, 6) is 0.929. The highest BCUT2D eigenvalue weighted by molar-refractivity contribution is 5.76. The van der Waals surface area contributed by atoms with Crippen LogP contribution in [-0.2, 0) is 4.74 Å². The van der Waals surface area contributed by atoms with Crippen molar-refractivity contribution < 1.29 is 4.74 Å². The fourth-order valence-corrected chi connectivity index (χ4v) is 3.94. The average Bonchev–Trinajstić information content (AvgIpc) is 2.96. The number of rotatable bonds is 2. The minimum Gasteiger partial charge on any atom is -0.375 e. The van der Waals surface area contributed by atoms with E-state index >= 15 is 0 Å². The first-order valence-electron chi connectivity index (χ1n) is 8.38. The average molecular weight is 297 g/mol. The molecule has 1 aliphatic carbocycles. The van der Waals surface area contributed by atoms with Gasteiger partial charge in [-0.25, -0.2) is 9.97 Å². The summed E-state index contributed by atoms with van der Waals surface area (Å²) in [6, 6.07) is 8.50. The zero-order valence-electron chi connectivity index (χ0n) is 13.1. The number of nitrogens with zero attached hydrogens (tertiary/aromatic N) is 2. The van der Waals surface area contributed by atoms with Crippen LogP contribution in [0, 0.1) is 6.92 Å². The summed E-state index contributed by atoms with van der Waals surface area (Å²) >= 11 is 0. The lowest BCUT2D eigenvalue weighted by molar-refractivity contribution is -0.0767. The molecule has 2 fully saturated rings. The third-order valence-corrected chi connectivity index (χ3v) is 5.09. The van der Waals surface area contributed by atoms with Crippen molar-refractivity contribution in [3.8, 4) is 0 Å². The maximum Gasteiger partial charge on any atom is 0.148 e. The van der Waals surface area contributed by atoms with Gasteiger partial charge in [0, 0.05) is 12.6 Å². The first-order valence-corrected chi connectivity index (χ1v) is 8.38. The smallest absolute Gasteiger partial charge is 0.148 e. The predicted octanol–water partition coefficient (Wildman–Crippen LogP) is 3.84. The molecule has 2 heterocycles. The largest absolute Gasteiger partial charge is 0.375 e. The predicted molar refractivity (Wildman–Crippen MR) is 88.1 cm³/mol. The summed E-state index contributed by atoms with van der Waals surface area (Å²) in [5.41, 5.74) is 3.03. The maximum atomic E-state index is 6.12. The minimum absolute atomic E-state index is 0.133. The molecule has 2 aliphatic rings. The van der Waals surface area contributed by atoms with E-state index in [9.17, 15) is 0 Å². The molecule has 1 N–H and O–H groups in total. The number of ether oxygens (including phenoxy) is 1. The molecule has 1 aromatic heterocycles. The second-order valence-corrected chi connectivity index (χ2v) is 6.72. The van der Waals surface area contributed by atoms with Gasteiger partial charge in [-0.2, -0.15) is 0 Å². The first kappa shape index (κ1) is 13.9. The molecular formula is C18H23N3O. The fourth-order valence-electron chi connectivity index (χ4n) is 3.94. The van der Waals surface area contributed by atoms with Crippen LogP contribution in [0.25, 0.3) is 11.0 Å². The molecule has 1 aromatic carbocycles. The van der Waals surface area contributed by atoms with Crippen LogP contribution in [0.3, 0.4) is 0 Å². The Morgan fingerprint density at radius 3 is 2.64 bits per heavy atom. The Morgan fingerprint density at radius 2 is 1.86 bits per heavy atom. The third kappa shape index (κ3) is 2.56. The van der Waals surface area contributed by atoms with Gasteiger partial charge < -0.3 is 10.1 Å². The van der Waals surface area contributed by atoms with Crippen molar-refractivity contribution in [3.63, 3.8) is 0 Å². The molecule has 1 aliphatic heterocycles. The van der Waals surface area contributed by atoms with Gasteiger partial charge >= 0.3 is 0 Å². The van der Waals surface area contributed by atoms with Crippen molar-refractivity contribution in [3.05, 3.63) is 30.0 Å². The molecule has 1 saturated carbocycles. The number of hydrogen-bond donors (Lipinski definition) is 1. The van der Waals surface area contributed by atoms with Crippen molar-refractivity contribution in [2.24, 2.45) is 0 Å². The lowest BCUT2D eigenvalue weighted by Crippen LogP contribution is -2.42. The summed E-state index contributed by atoms with van der Waals surface area (Å²) in [6.07, 6.45) is 7.20. The molecule has 116 valence electrons. The highest BCUT2D eigenvalue weighted by atomic mass is 16.5. The Labute approximate surface area is 131 Å². The van der Waals surface area contributed by atoms with Crippen molar-refractivity contribution >= 4 is 16.9 Å². The number of para-hydroxylation sites is 2. The van der Waals surface area contributed by atoms with Gasteiger partial charge in [0.15, 0.2) is 0 Å². The van der Waals surface area contributed by atoms with E-state index in [1.165, 1.54) is 25.7 Å². The molecule has 1 spiro atoms. The normalized spacial score (nSPS) is 24.0. The second-order valence-electron chi connectivity index (χ2n) is 6.72. The molecule has 4 nitrogen and oxygen atoms in total. The van der Waals surface area contributed by atoms with Crippen molar-refractivity contribution in [2.45, 2.75) is 57.1 Å². The Kier molecular flexibility index (Phi) is 3.49. The van der Waals surface area contributed by atoms with Crippen LogP contribution in [0.5, 0.6) is 0 Å². The number of benzene rings is 1. The molecule has 4 heteroatoms. The Balaban J connectivity index is 1.56. The lowest BCUT2D eigenvalue weighted by Gasteiger charge is -2.38. The Hall–Kier alpha value is -1.68. The number of anilines is 1. The van der Waals surface area contributed by atoms with Crippen LogP contribution < -0.4 is 5.32 Å². The summed E-state index contributed by atoms with van der Waals surface area (Å²) in [5, 5.41) is 3.64. The summed E-state index contributed by atoms with van der Waals surface area (Å²) in [7, 11) is 0. The molecule has 1 unspecified atom stereocenters. The molecule has 0 bridgehead atoms. The number of aromatic nitrogens is 2. The molecule has 0 amide bonds. The van der Waals surface area contributed by atoms with Crippen LogP contribution >= 0.6 is 0 Å². The van der Waals surface area contributed by atoms with Gasteiger partial charge in [0.05, 0.1) is 22.3 Å². The van der Waals surface area contributed by atoms with Gasteiger partial charge in [-0.3, -0.25) is 0 Å². The molecule has 1 atom stereocenters. The van der Waals surface area contributed by atoms with Gasteiger partial charge in [0.2, 0.25) is 0 Å². The van der Waals surface area contributed by atoms with E-state index in [1.54, 1.807) is 0 Å². The number of nitrogens with one attached hydrogen (secondary N) is 1. The van der Waals surface area contributed by atoms with Gasteiger partial charge in [0.1, 0.15) is 5.82 Å². The number of aryl methyl sites for hydroxylation is 1. The zero-order valence-corrected chi connectivity index (χ0v) is 13.1. The van der Waals surface area contributed by atoms with Gasteiger partial charge in [0.25, 0.3) is 0 Å². The first-order chi connectivity index (χ1) is 10.7. The van der Waals surface area contributed by atoms with E-state index in [0.29, 0.717) is 6.04 Å². The summed E-state index contributed by atoms with van der Waals surface area (Å²) in [6.45, 7) is 2.89. The second kappa shape index (κ2) is 5.51. The Bertz CT molecular complexity index is 679. The van der Waals surface area contributed by atoms with Crippen LogP contribution in [-0.4, -0.2) is 28.2 Å². The highest BCUT2D eigenvalue weighted by Gasteiger charge is 2.40. The molecule has 1 saturated heterocycles. The maximum absolute atomic E-state index is 6.12. The van der Waals surface area contributed by atoms with Crippen LogP contribution in [0.15, 0.2) is 24.3 Å². The molecular weight excluding hydrogens is 274 g/mol. The van der Waals surface area contributed by atoms with Gasteiger partial charge in [-0.15, -0.1) is 0 Å². The van der Waals surface area contributed by atoms with E-state index in [1.807, 2.05) is 31.2 Å². The molecule has 0 radical (unpaired) electrons. The van der Waals surface area contributed by atoms with E-state index in [-0.39, 0.29) is 5.60 Å². The topological polar surface area (TPSA) is 47.0 Å². The van der Waals surface area contributed by atoms with E-state index in [4.69, 9.17) is 9.72 Å². The van der Waals surface area contributed by atoms with Crippen molar-refractivity contribution in [1.29, 1.82) is 0 Å². The minimum atomic E-state index is 0.133.